The molecule has 1 heterocycles. The van der Waals surface area contributed by atoms with Gasteiger partial charge in [0.1, 0.15) is 0 Å². The average molecular weight is 331 g/mol. The van der Waals surface area contributed by atoms with Gasteiger partial charge in [-0.3, -0.25) is 4.68 Å². The second-order valence-corrected chi connectivity index (χ2v) is 6.85. The van der Waals surface area contributed by atoms with Crippen LogP contribution in [0.4, 0.5) is 0 Å². The number of benzene rings is 1. The lowest BCUT2D eigenvalue weighted by Gasteiger charge is -2.15. The van der Waals surface area contributed by atoms with Crippen LogP contribution in [0.1, 0.15) is 19.4 Å². The van der Waals surface area contributed by atoms with E-state index in [0.717, 1.165) is 24.6 Å². The Bertz CT molecular complexity index is 608. The fraction of sp³-hybridized carbons (Fsp3) is 0.412. The van der Waals surface area contributed by atoms with Crippen molar-refractivity contribution in [3.05, 3.63) is 48.3 Å². The van der Waals surface area contributed by atoms with Crippen molar-refractivity contribution in [3.8, 4) is 0 Å². The number of nitrogens with zero attached hydrogens (tertiary/aromatic N) is 3. The molecule has 124 valence electrons. The molecule has 2 rings (SSSR count). The Morgan fingerprint density at radius 3 is 2.74 bits per heavy atom. The standard InChI is InChI=1S/C17H25N5S/c1-4-18-17(20-11-15-12-21-22(3)13-15)19-10-14(2)23-16-8-6-5-7-9-16/h5-9,12-14H,4,10-11H2,1-3H3,(H2,18,19,20). The molecule has 1 aromatic carbocycles. The maximum atomic E-state index is 4.61. The Morgan fingerprint density at radius 1 is 1.30 bits per heavy atom. The van der Waals surface area contributed by atoms with E-state index in [9.17, 15) is 0 Å². The highest BCUT2D eigenvalue weighted by atomic mass is 32.2. The summed E-state index contributed by atoms with van der Waals surface area (Å²) in [6.07, 6.45) is 3.84. The number of rotatable bonds is 7. The molecule has 1 unspecified atom stereocenters. The van der Waals surface area contributed by atoms with Crippen molar-refractivity contribution in [1.29, 1.82) is 0 Å². The van der Waals surface area contributed by atoms with Gasteiger partial charge >= 0.3 is 0 Å². The third-order valence-electron chi connectivity index (χ3n) is 3.16. The van der Waals surface area contributed by atoms with E-state index >= 15 is 0 Å². The van der Waals surface area contributed by atoms with Gasteiger partial charge in [-0.1, -0.05) is 25.1 Å². The van der Waals surface area contributed by atoms with Crippen molar-refractivity contribution in [2.75, 3.05) is 13.1 Å². The largest absolute Gasteiger partial charge is 0.357 e. The summed E-state index contributed by atoms with van der Waals surface area (Å²) in [6.45, 7) is 6.62. The molecule has 2 N–H and O–H groups in total. The predicted octanol–water partition coefficient (Wildman–Crippen LogP) is 2.66. The van der Waals surface area contributed by atoms with Crippen molar-refractivity contribution >= 4 is 17.7 Å². The van der Waals surface area contributed by atoms with E-state index in [2.05, 4.69) is 58.8 Å². The second kappa shape index (κ2) is 9.25. The molecule has 0 radical (unpaired) electrons. The molecule has 2 aromatic rings. The minimum atomic E-state index is 0.458. The van der Waals surface area contributed by atoms with Crippen molar-refractivity contribution in [1.82, 2.24) is 20.4 Å². The Morgan fingerprint density at radius 2 is 2.09 bits per heavy atom. The number of aliphatic imine (C=N–C) groups is 1. The maximum Gasteiger partial charge on any atom is 0.191 e. The number of aromatic nitrogens is 2. The quantitative estimate of drug-likeness (QED) is 0.465. The Balaban J connectivity index is 1.83. The van der Waals surface area contributed by atoms with Crippen molar-refractivity contribution < 1.29 is 0 Å². The normalized spacial score (nSPS) is 12.9. The summed E-state index contributed by atoms with van der Waals surface area (Å²) < 4.78 is 1.80. The lowest BCUT2D eigenvalue weighted by Crippen LogP contribution is -2.40. The Kier molecular flexibility index (Phi) is 7.00. The van der Waals surface area contributed by atoms with Gasteiger partial charge in [-0.15, -0.1) is 11.8 Å². The molecule has 1 aromatic heterocycles. The van der Waals surface area contributed by atoms with Gasteiger partial charge in [-0.2, -0.15) is 5.10 Å². The first kappa shape index (κ1) is 17.4. The topological polar surface area (TPSA) is 54.2 Å². The molecule has 0 amide bonds. The number of nitrogens with one attached hydrogen (secondary N) is 2. The van der Waals surface area contributed by atoms with Gasteiger partial charge in [0.05, 0.1) is 12.7 Å². The van der Waals surface area contributed by atoms with Gasteiger partial charge in [0.15, 0.2) is 5.96 Å². The highest BCUT2D eigenvalue weighted by Crippen LogP contribution is 2.21. The first-order valence-corrected chi connectivity index (χ1v) is 8.76. The first-order chi connectivity index (χ1) is 11.2. The summed E-state index contributed by atoms with van der Waals surface area (Å²) >= 11 is 1.86. The van der Waals surface area contributed by atoms with Crippen LogP contribution in [0.15, 0.2) is 52.6 Å². The zero-order chi connectivity index (χ0) is 16.5. The summed E-state index contributed by atoms with van der Waals surface area (Å²) in [4.78, 5) is 5.90. The van der Waals surface area contributed by atoms with E-state index in [0.29, 0.717) is 11.8 Å². The van der Waals surface area contributed by atoms with Crippen LogP contribution in [0, 0.1) is 0 Å². The van der Waals surface area contributed by atoms with Crippen LogP contribution < -0.4 is 10.6 Å². The molecule has 0 aliphatic heterocycles. The Labute approximate surface area is 142 Å². The molecular formula is C17H25N5S. The number of thioether (sulfide) groups is 1. The van der Waals surface area contributed by atoms with Crippen LogP contribution >= 0.6 is 11.8 Å². The molecule has 1 atom stereocenters. The molecule has 6 heteroatoms. The fourth-order valence-electron chi connectivity index (χ4n) is 2.08. The SMILES string of the molecule is CCNC(=NCc1cnn(C)c1)NCC(C)Sc1ccccc1. The summed E-state index contributed by atoms with van der Waals surface area (Å²) in [7, 11) is 1.92. The molecule has 0 fully saturated rings. The van der Waals surface area contributed by atoms with Gasteiger partial charge in [0.2, 0.25) is 0 Å². The Hall–Kier alpha value is -1.95. The van der Waals surface area contributed by atoms with Gasteiger partial charge in [-0.05, 0) is 19.1 Å². The molecule has 0 bridgehead atoms. The number of aryl methyl sites for hydroxylation is 1. The van der Waals surface area contributed by atoms with Crippen LogP contribution in [0.25, 0.3) is 0 Å². The third kappa shape index (κ3) is 6.36. The van der Waals surface area contributed by atoms with E-state index in [1.807, 2.05) is 37.3 Å². The molecular weight excluding hydrogens is 306 g/mol. The molecule has 0 saturated heterocycles. The van der Waals surface area contributed by atoms with Crippen LogP contribution in [-0.4, -0.2) is 34.1 Å². The minimum absolute atomic E-state index is 0.458. The molecule has 0 saturated carbocycles. The lowest BCUT2D eigenvalue weighted by atomic mass is 10.4. The minimum Gasteiger partial charge on any atom is -0.357 e. The predicted molar refractivity (Wildman–Crippen MR) is 97.8 cm³/mol. The van der Waals surface area contributed by atoms with Crippen molar-refractivity contribution in [2.24, 2.45) is 12.0 Å². The average Bonchev–Trinajstić information content (AvgIpc) is 2.96. The molecule has 0 spiro atoms. The molecule has 0 aliphatic carbocycles. The summed E-state index contributed by atoms with van der Waals surface area (Å²) in [5, 5.41) is 11.3. The monoisotopic (exact) mass is 331 g/mol. The van der Waals surface area contributed by atoms with E-state index in [4.69, 9.17) is 0 Å². The van der Waals surface area contributed by atoms with Crippen LogP contribution in [0.5, 0.6) is 0 Å². The second-order valence-electron chi connectivity index (χ2n) is 5.34. The van der Waals surface area contributed by atoms with Gasteiger partial charge in [0.25, 0.3) is 0 Å². The van der Waals surface area contributed by atoms with E-state index in [1.54, 1.807) is 4.68 Å². The first-order valence-electron chi connectivity index (χ1n) is 7.88. The highest BCUT2D eigenvalue weighted by molar-refractivity contribution is 8.00. The number of hydrogen-bond acceptors (Lipinski definition) is 3. The smallest absolute Gasteiger partial charge is 0.191 e. The molecule has 0 aliphatic rings. The van der Waals surface area contributed by atoms with Gasteiger partial charge < -0.3 is 10.6 Å². The number of hydrogen-bond donors (Lipinski definition) is 2. The lowest BCUT2D eigenvalue weighted by molar-refractivity contribution is 0.766. The van der Waals surface area contributed by atoms with Crippen molar-refractivity contribution in [2.45, 2.75) is 30.5 Å². The zero-order valence-corrected chi connectivity index (χ0v) is 14.8. The van der Waals surface area contributed by atoms with Gasteiger partial charge in [-0.25, -0.2) is 4.99 Å². The fourth-order valence-corrected chi connectivity index (χ4v) is 3.02. The molecule has 23 heavy (non-hydrogen) atoms. The highest BCUT2D eigenvalue weighted by Gasteiger charge is 2.06. The third-order valence-corrected chi connectivity index (χ3v) is 4.27. The van der Waals surface area contributed by atoms with E-state index in [-0.39, 0.29) is 0 Å². The summed E-state index contributed by atoms with van der Waals surface area (Å²) in [6, 6.07) is 10.5. The van der Waals surface area contributed by atoms with E-state index in [1.165, 1.54) is 4.90 Å². The van der Waals surface area contributed by atoms with E-state index < -0.39 is 0 Å². The summed E-state index contributed by atoms with van der Waals surface area (Å²) in [5.74, 6) is 0.844. The van der Waals surface area contributed by atoms with Gasteiger partial charge in [0, 0.05) is 42.0 Å². The molecule has 5 nitrogen and oxygen atoms in total. The van der Waals surface area contributed by atoms with Crippen LogP contribution in [0.3, 0.4) is 0 Å². The van der Waals surface area contributed by atoms with Crippen LogP contribution in [0.2, 0.25) is 0 Å². The van der Waals surface area contributed by atoms with Crippen LogP contribution in [-0.2, 0) is 13.6 Å². The zero-order valence-electron chi connectivity index (χ0n) is 14.0. The van der Waals surface area contributed by atoms with Crippen molar-refractivity contribution in [3.63, 3.8) is 0 Å². The summed E-state index contributed by atoms with van der Waals surface area (Å²) in [5.41, 5.74) is 1.11. The maximum absolute atomic E-state index is 4.61. The number of guanidine groups is 1.